The first-order valence-electron chi connectivity index (χ1n) is 5.92. The van der Waals surface area contributed by atoms with Crippen LogP contribution in [-0.2, 0) is 17.4 Å². The van der Waals surface area contributed by atoms with Crippen LogP contribution in [0.2, 0.25) is 5.15 Å². The lowest BCUT2D eigenvalue weighted by atomic mass is 10.1. The zero-order valence-corrected chi connectivity index (χ0v) is 11.4. The van der Waals surface area contributed by atoms with Crippen molar-refractivity contribution < 1.29 is 18.0 Å². The molecule has 1 aromatic heterocycles. The van der Waals surface area contributed by atoms with Crippen LogP contribution < -0.4 is 5.32 Å². The first-order chi connectivity index (χ1) is 9.84. The Kier molecular flexibility index (Phi) is 4.47. The number of nitrogens with zero attached hydrogens (tertiary/aromatic N) is 1. The van der Waals surface area contributed by atoms with Gasteiger partial charge in [0.15, 0.2) is 0 Å². The van der Waals surface area contributed by atoms with Crippen LogP contribution in [0.3, 0.4) is 0 Å². The van der Waals surface area contributed by atoms with Gasteiger partial charge in [-0.3, -0.25) is 4.79 Å². The van der Waals surface area contributed by atoms with E-state index in [0.717, 1.165) is 12.1 Å². The summed E-state index contributed by atoms with van der Waals surface area (Å²) in [5.74, 6) is -0.350. The third kappa shape index (κ3) is 4.46. The van der Waals surface area contributed by atoms with Gasteiger partial charge in [-0.1, -0.05) is 23.7 Å². The Balaban J connectivity index is 2.00. The van der Waals surface area contributed by atoms with Gasteiger partial charge in [0.05, 0.1) is 12.0 Å². The second-order valence-electron chi connectivity index (χ2n) is 4.29. The summed E-state index contributed by atoms with van der Waals surface area (Å²) in [7, 11) is 0. The van der Waals surface area contributed by atoms with E-state index in [1.165, 1.54) is 24.4 Å². The van der Waals surface area contributed by atoms with Crippen molar-refractivity contribution in [2.45, 2.75) is 12.6 Å². The molecule has 1 amide bonds. The van der Waals surface area contributed by atoms with Crippen LogP contribution in [0.1, 0.15) is 11.1 Å². The normalized spacial score (nSPS) is 11.2. The van der Waals surface area contributed by atoms with Crippen molar-refractivity contribution >= 4 is 23.2 Å². The monoisotopic (exact) mass is 314 g/mol. The molecule has 0 radical (unpaired) electrons. The number of halogens is 4. The molecule has 0 aliphatic carbocycles. The van der Waals surface area contributed by atoms with Gasteiger partial charge in [0.2, 0.25) is 5.91 Å². The van der Waals surface area contributed by atoms with Crippen LogP contribution in [0.15, 0.2) is 42.6 Å². The summed E-state index contributed by atoms with van der Waals surface area (Å²) in [5, 5.41) is 2.83. The van der Waals surface area contributed by atoms with Crippen LogP contribution >= 0.6 is 11.6 Å². The van der Waals surface area contributed by atoms with Gasteiger partial charge in [0.1, 0.15) is 5.15 Å². The van der Waals surface area contributed by atoms with E-state index in [1.807, 2.05) is 0 Å². The van der Waals surface area contributed by atoms with Crippen molar-refractivity contribution in [3.8, 4) is 0 Å². The predicted octanol–water partition coefficient (Wildman–Crippen LogP) is 3.94. The standard InChI is InChI=1S/C14H10ClF3N2O/c15-12-8-11(5-6-19-12)20-13(21)7-9-1-3-10(4-2-9)14(16,17)18/h1-6,8H,7H2,(H,19,20,21). The molecule has 1 N–H and O–H groups in total. The lowest BCUT2D eigenvalue weighted by molar-refractivity contribution is -0.137. The first-order valence-corrected chi connectivity index (χ1v) is 6.30. The highest BCUT2D eigenvalue weighted by Gasteiger charge is 2.29. The molecule has 0 fully saturated rings. The molecule has 110 valence electrons. The first kappa shape index (κ1) is 15.3. The SMILES string of the molecule is O=C(Cc1ccc(C(F)(F)F)cc1)Nc1ccnc(Cl)c1. The summed E-state index contributed by atoms with van der Waals surface area (Å²) < 4.78 is 37.2. The number of alkyl halides is 3. The van der Waals surface area contributed by atoms with Crippen molar-refractivity contribution in [3.63, 3.8) is 0 Å². The average Bonchev–Trinajstić information content (AvgIpc) is 2.38. The van der Waals surface area contributed by atoms with Gasteiger partial charge < -0.3 is 5.32 Å². The third-order valence-electron chi connectivity index (χ3n) is 2.66. The fourth-order valence-electron chi connectivity index (χ4n) is 1.68. The number of rotatable bonds is 3. The molecule has 2 rings (SSSR count). The smallest absolute Gasteiger partial charge is 0.326 e. The molecule has 0 aliphatic rings. The maximum atomic E-state index is 12.4. The molecule has 1 heterocycles. The largest absolute Gasteiger partial charge is 0.416 e. The lowest BCUT2D eigenvalue weighted by Crippen LogP contribution is -2.14. The van der Waals surface area contributed by atoms with Crippen LogP contribution in [0, 0.1) is 0 Å². The maximum absolute atomic E-state index is 12.4. The fraction of sp³-hybridized carbons (Fsp3) is 0.143. The Morgan fingerprint density at radius 2 is 1.86 bits per heavy atom. The molecule has 0 unspecified atom stereocenters. The predicted molar refractivity (Wildman–Crippen MR) is 73.0 cm³/mol. The molecule has 3 nitrogen and oxygen atoms in total. The topological polar surface area (TPSA) is 42.0 Å². The minimum atomic E-state index is -4.38. The number of amides is 1. The second-order valence-corrected chi connectivity index (χ2v) is 4.67. The Bertz CT molecular complexity index is 641. The molecule has 21 heavy (non-hydrogen) atoms. The molecule has 0 spiro atoms. The van der Waals surface area contributed by atoms with E-state index in [9.17, 15) is 18.0 Å². The maximum Gasteiger partial charge on any atom is 0.416 e. The summed E-state index contributed by atoms with van der Waals surface area (Å²) >= 11 is 5.68. The van der Waals surface area contributed by atoms with Gasteiger partial charge in [-0.2, -0.15) is 13.2 Å². The number of nitrogens with one attached hydrogen (secondary N) is 1. The van der Waals surface area contributed by atoms with Crippen molar-refractivity contribution in [1.29, 1.82) is 0 Å². The Morgan fingerprint density at radius 3 is 2.43 bits per heavy atom. The van der Waals surface area contributed by atoms with Crippen LogP contribution in [-0.4, -0.2) is 10.9 Å². The zero-order chi connectivity index (χ0) is 15.5. The van der Waals surface area contributed by atoms with E-state index in [4.69, 9.17) is 11.6 Å². The van der Waals surface area contributed by atoms with Crippen molar-refractivity contribution in [2.24, 2.45) is 0 Å². The van der Waals surface area contributed by atoms with E-state index in [1.54, 1.807) is 6.07 Å². The van der Waals surface area contributed by atoms with Crippen LogP contribution in [0.4, 0.5) is 18.9 Å². The van der Waals surface area contributed by atoms with E-state index in [0.29, 0.717) is 11.3 Å². The van der Waals surface area contributed by atoms with Gasteiger partial charge in [-0.15, -0.1) is 0 Å². The minimum absolute atomic E-state index is 0.0297. The molecule has 0 saturated heterocycles. The van der Waals surface area contributed by atoms with E-state index in [2.05, 4.69) is 10.3 Å². The Labute approximate surface area is 123 Å². The molecule has 1 aromatic carbocycles. The van der Waals surface area contributed by atoms with Crippen molar-refractivity contribution in [3.05, 3.63) is 58.9 Å². The third-order valence-corrected chi connectivity index (χ3v) is 2.86. The minimum Gasteiger partial charge on any atom is -0.326 e. The fourth-order valence-corrected chi connectivity index (χ4v) is 1.86. The van der Waals surface area contributed by atoms with Crippen molar-refractivity contribution in [1.82, 2.24) is 4.98 Å². The molecule has 0 aliphatic heterocycles. The molecule has 0 bridgehead atoms. The van der Waals surface area contributed by atoms with Gasteiger partial charge in [-0.05, 0) is 29.8 Å². The molecular formula is C14H10ClF3N2O. The number of aromatic nitrogens is 1. The highest BCUT2D eigenvalue weighted by atomic mass is 35.5. The summed E-state index contributed by atoms with van der Waals surface area (Å²) in [6.07, 6.45) is -2.97. The van der Waals surface area contributed by atoms with Crippen molar-refractivity contribution in [2.75, 3.05) is 5.32 Å². The summed E-state index contributed by atoms with van der Waals surface area (Å²) in [6.45, 7) is 0. The molecule has 7 heteroatoms. The number of hydrogen-bond acceptors (Lipinski definition) is 2. The highest BCUT2D eigenvalue weighted by Crippen LogP contribution is 2.29. The zero-order valence-electron chi connectivity index (χ0n) is 10.6. The number of carbonyl (C=O) groups is 1. The Morgan fingerprint density at radius 1 is 1.19 bits per heavy atom. The number of carbonyl (C=O) groups excluding carboxylic acids is 1. The number of hydrogen-bond donors (Lipinski definition) is 1. The molecular weight excluding hydrogens is 305 g/mol. The molecule has 0 atom stereocenters. The van der Waals surface area contributed by atoms with E-state index >= 15 is 0 Å². The van der Waals surface area contributed by atoms with Crippen LogP contribution in [0.25, 0.3) is 0 Å². The summed E-state index contributed by atoms with van der Waals surface area (Å²) in [5.41, 5.74) is 0.222. The van der Waals surface area contributed by atoms with Crippen LogP contribution in [0.5, 0.6) is 0 Å². The van der Waals surface area contributed by atoms with Gasteiger partial charge in [0, 0.05) is 11.9 Å². The number of anilines is 1. The quantitative estimate of drug-likeness (QED) is 0.872. The Hall–Kier alpha value is -2.08. The number of pyridine rings is 1. The van der Waals surface area contributed by atoms with Gasteiger partial charge in [0.25, 0.3) is 0 Å². The molecule has 0 saturated carbocycles. The van der Waals surface area contributed by atoms with Gasteiger partial charge in [-0.25, -0.2) is 4.98 Å². The second kappa shape index (κ2) is 6.13. The number of benzene rings is 1. The van der Waals surface area contributed by atoms with E-state index in [-0.39, 0.29) is 17.5 Å². The van der Waals surface area contributed by atoms with E-state index < -0.39 is 11.7 Å². The average molecular weight is 315 g/mol. The summed E-state index contributed by atoms with van der Waals surface area (Å²) in [4.78, 5) is 15.5. The molecule has 2 aromatic rings. The highest BCUT2D eigenvalue weighted by molar-refractivity contribution is 6.29. The summed E-state index contributed by atoms with van der Waals surface area (Å²) in [6, 6.07) is 7.50. The van der Waals surface area contributed by atoms with Gasteiger partial charge >= 0.3 is 6.18 Å². The lowest BCUT2D eigenvalue weighted by Gasteiger charge is -2.08.